The molecule has 0 saturated carbocycles. The van der Waals surface area contributed by atoms with Gasteiger partial charge in [-0.15, -0.1) is 0 Å². The van der Waals surface area contributed by atoms with E-state index in [1.165, 1.54) is 11.5 Å². The maximum absolute atomic E-state index is 5.61. The van der Waals surface area contributed by atoms with Crippen LogP contribution in [0.1, 0.15) is 84.9 Å². The predicted molar refractivity (Wildman–Crippen MR) is 111 cm³/mol. The number of alkyl halides is 3. The van der Waals surface area contributed by atoms with Gasteiger partial charge in [-0.05, 0) is 0 Å². The van der Waals surface area contributed by atoms with Crippen molar-refractivity contribution in [3.05, 3.63) is 22.5 Å². The molecule has 0 radical (unpaired) electrons. The first-order chi connectivity index (χ1) is 11.6. The SMILES string of the molecule is CC(C)(C)c1noc(C(C)(C)[I-]CC(C)(C)c2nsc(C(C)(C)I)n2)n1. The standard InChI is InChI=1S/C18H29I2N4OS/c1-15(2,3)11-21-13(25-23-11)18(8,9)20-10-16(4,5)12-22-14(26-24-12)17(6,7)19/h10H2,1-9H3/q-1. The van der Waals surface area contributed by atoms with Crippen molar-refractivity contribution in [3.63, 3.8) is 0 Å². The predicted octanol–water partition coefficient (Wildman–Crippen LogP) is 2.19. The van der Waals surface area contributed by atoms with Crippen LogP contribution in [0.25, 0.3) is 0 Å². The van der Waals surface area contributed by atoms with Crippen LogP contribution in [0.3, 0.4) is 0 Å². The molecule has 0 fully saturated rings. The number of rotatable bonds is 6. The number of aromatic nitrogens is 4. The molecule has 2 aromatic rings. The summed E-state index contributed by atoms with van der Waals surface area (Å²) in [7, 11) is 0. The van der Waals surface area contributed by atoms with Crippen molar-refractivity contribution in [1.29, 1.82) is 0 Å². The van der Waals surface area contributed by atoms with Crippen molar-refractivity contribution in [2.45, 2.75) is 80.0 Å². The van der Waals surface area contributed by atoms with E-state index in [1.807, 2.05) is 0 Å². The summed E-state index contributed by atoms with van der Waals surface area (Å²) in [5.41, 5.74) is -0.142. The minimum absolute atomic E-state index is 0.0190. The zero-order chi connectivity index (χ0) is 20.0. The van der Waals surface area contributed by atoms with Crippen LogP contribution in [-0.2, 0) is 17.7 Å². The van der Waals surface area contributed by atoms with Crippen LogP contribution in [0, 0.1) is 0 Å². The van der Waals surface area contributed by atoms with Crippen molar-refractivity contribution in [1.82, 2.24) is 19.5 Å². The summed E-state index contributed by atoms with van der Waals surface area (Å²) in [5, 5.41) is 5.28. The van der Waals surface area contributed by atoms with Crippen LogP contribution in [0.4, 0.5) is 0 Å². The van der Waals surface area contributed by atoms with Crippen molar-refractivity contribution in [2.24, 2.45) is 0 Å². The summed E-state index contributed by atoms with van der Waals surface area (Å²) in [5.74, 6) is 2.49. The van der Waals surface area contributed by atoms with E-state index in [2.05, 4.69) is 99.4 Å². The van der Waals surface area contributed by atoms with E-state index in [4.69, 9.17) is 9.51 Å². The molecular formula is C18H29I2N4OS-. The molecule has 0 aliphatic heterocycles. The molecule has 0 aliphatic carbocycles. The molecule has 0 bridgehead atoms. The number of nitrogens with zero attached hydrogens (tertiary/aromatic N) is 4. The van der Waals surface area contributed by atoms with Crippen LogP contribution in [0.5, 0.6) is 0 Å². The van der Waals surface area contributed by atoms with Gasteiger partial charge < -0.3 is 0 Å². The van der Waals surface area contributed by atoms with Crippen LogP contribution in [0.15, 0.2) is 4.52 Å². The molecule has 0 spiro atoms. The number of hydrogen-bond donors (Lipinski definition) is 0. The van der Waals surface area contributed by atoms with Crippen molar-refractivity contribution >= 4 is 34.1 Å². The minimum atomic E-state index is -0.232. The van der Waals surface area contributed by atoms with E-state index >= 15 is 0 Å². The van der Waals surface area contributed by atoms with E-state index in [-0.39, 0.29) is 38.9 Å². The fourth-order valence-electron chi connectivity index (χ4n) is 1.96. The van der Waals surface area contributed by atoms with Gasteiger partial charge in [0, 0.05) is 0 Å². The molecule has 2 heterocycles. The molecule has 2 aromatic heterocycles. The third-order valence-electron chi connectivity index (χ3n) is 3.88. The Morgan fingerprint density at radius 3 is 2.04 bits per heavy atom. The third-order valence-corrected chi connectivity index (χ3v) is 10.5. The second kappa shape index (κ2) is 7.53. The third kappa shape index (κ3) is 5.36. The summed E-state index contributed by atoms with van der Waals surface area (Å²) in [6.07, 6.45) is 0. The van der Waals surface area contributed by atoms with Crippen molar-refractivity contribution < 1.29 is 25.7 Å². The van der Waals surface area contributed by atoms with Crippen molar-refractivity contribution in [3.8, 4) is 0 Å². The Hall–Kier alpha value is 0.160. The fourth-order valence-corrected chi connectivity index (χ4v) is 5.98. The zero-order valence-corrected chi connectivity index (χ0v) is 22.2. The van der Waals surface area contributed by atoms with Gasteiger partial charge in [-0.3, -0.25) is 0 Å². The Labute approximate surface area is 185 Å². The molecule has 0 atom stereocenters. The monoisotopic (exact) mass is 603 g/mol. The Balaban J connectivity index is 2.12. The quantitative estimate of drug-likeness (QED) is 0.375. The summed E-state index contributed by atoms with van der Waals surface area (Å²) in [6, 6.07) is 0. The first kappa shape index (κ1) is 22.4. The Kier molecular flexibility index (Phi) is 6.50. The topological polar surface area (TPSA) is 64.7 Å². The van der Waals surface area contributed by atoms with Gasteiger partial charge >= 0.3 is 186 Å². The molecular weight excluding hydrogens is 574 g/mol. The Morgan fingerprint density at radius 1 is 0.962 bits per heavy atom. The summed E-state index contributed by atoms with van der Waals surface area (Å²) >= 11 is 3.71. The van der Waals surface area contributed by atoms with Gasteiger partial charge in [-0.1, -0.05) is 0 Å². The molecule has 148 valence electrons. The number of hydrogen-bond acceptors (Lipinski definition) is 6. The van der Waals surface area contributed by atoms with Crippen LogP contribution < -0.4 is 21.2 Å². The van der Waals surface area contributed by atoms with E-state index < -0.39 is 0 Å². The van der Waals surface area contributed by atoms with Gasteiger partial charge in [0.25, 0.3) is 0 Å². The van der Waals surface area contributed by atoms with Gasteiger partial charge in [0.15, 0.2) is 0 Å². The second-order valence-corrected chi connectivity index (χ2v) is 16.9. The maximum atomic E-state index is 5.61. The number of halogens is 2. The molecule has 5 nitrogen and oxygen atoms in total. The normalized spacial score (nSPS) is 14.2. The Bertz CT molecular complexity index is 690. The summed E-state index contributed by atoms with van der Waals surface area (Å²) in [6.45, 7) is 19.6. The van der Waals surface area contributed by atoms with E-state index in [9.17, 15) is 0 Å². The van der Waals surface area contributed by atoms with Crippen LogP contribution >= 0.6 is 34.1 Å². The zero-order valence-electron chi connectivity index (χ0n) is 17.1. The van der Waals surface area contributed by atoms with Gasteiger partial charge in [-0.25, -0.2) is 0 Å². The molecule has 0 saturated heterocycles. The average molecular weight is 603 g/mol. The molecule has 26 heavy (non-hydrogen) atoms. The molecule has 8 heteroatoms. The van der Waals surface area contributed by atoms with E-state index in [0.29, 0.717) is 0 Å². The van der Waals surface area contributed by atoms with Gasteiger partial charge in [0.2, 0.25) is 0 Å². The van der Waals surface area contributed by atoms with E-state index in [1.54, 1.807) is 0 Å². The molecule has 0 aromatic carbocycles. The van der Waals surface area contributed by atoms with Gasteiger partial charge in [0.05, 0.1) is 0 Å². The summed E-state index contributed by atoms with van der Waals surface area (Å²) in [4.78, 5) is 9.51. The van der Waals surface area contributed by atoms with Crippen LogP contribution in [-0.4, -0.2) is 23.9 Å². The molecule has 0 unspecified atom stereocenters. The van der Waals surface area contributed by atoms with Crippen LogP contribution in [0.2, 0.25) is 0 Å². The Morgan fingerprint density at radius 2 is 1.58 bits per heavy atom. The average Bonchev–Trinajstić information content (AvgIpc) is 3.13. The first-order valence-electron chi connectivity index (χ1n) is 8.61. The van der Waals surface area contributed by atoms with E-state index in [0.717, 1.165) is 27.0 Å². The summed E-state index contributed by atoms with van der Waals surface area (Å²) < 4.78 is 11.3. The van der Waals surface area contributed by atoms with Crippen molar-refractivity contribution in [2.75, 3.05) is 4.43 Å². The fraction of sp³-hybridized carbons (Fsp3) is 0.778. The first-order valence-corrected chi connectivity index (χ1v) is 13.1. The van der Waals surface area contributed by atoms with Gasteiger partial charge in [0.1, 0.15) is 0 Å². The van der Waals surface area contributed by atoms with Gasteiger partial charge in [-0.2, -0.15) is 0 Å². The molecule has 0 N–H and O–H groups in total. The molecule has 2 rings (SSSR count). The second-order valence-electron chi connectivity index (χ2n) is 9.19. The molecule has 0 aliphatic rings. The molecule has 0 amide bonds.